The van der Waals surface area contributed by atoms with Crippen LogP contribution in [-0.2, 0) is 14.8 Å². The lowest BCUT2D eigenvalue weighted by Gasteiger charge is -2.39. The number of piperazine rings is 1. The maximum Gasteiger partial charge on any atom is 0.339 e. The molecule has 1 amide bonds. The molecule has 4 aliphatic rings. The van der Waals surface area contributed by atoms with Gasteiger partial charge in [-0.1, -0.05) is 43.2 Å². The van der Waals surface area contributed by atoms with E-state index in [4.69, 9.17) is 26.1 Å². The van der Waals surface area contributed by atoms with Crippen molar-refractivity contribution >= 4 is 66.8 Å². The van der Waals surface area contributed by atoms with E-state index in [1.807, 2.05) is 36.4 Å². The number of aromatic amines is 1. The average molecular weight is 962 g/mol. The van der Waals surface area contributed by atoms with Gasteiger partial charge in [-0.2, -0.15) is 0 Å². The largest absolute Gasteiger partial charge is 0.490 e. The number of aromatic nitrogens is 4. The molecule has 0 atom stereocenters. The molecule has 17 heteroatoms. The normalized spacial score (nSPS) is 20.8. The van der Waals surface area contributed by atoms with Gasteiger partial charge < -0.3 is 19.5 Å². The van der Waals surface area contributed by atoms with Gasteiger partial charge in [0.25, 0.3) is 15.9 Å². The first kappa shape index (κ1) is 46.0. The first-order chi connectivity index (χ1) is 32.8. The van der Waals surface area contributed by atoms with E-state index in [0.29, 0.717) is 28.4 Å². The SMILES string of the molecule is CC1(C)CCC(CN2CCN(c3ccc(C(=O)NS(=O)(=O)c4ccc(OC5CCC(N6CCOCC6)CC5)c(C(=O)O)c4)c(-n4[nH]cc5nc6nccc6cc54)c3)CC2)=C(c2ccc(Cl)cc2)C1. The Morgan fingerprint density at radius 3 is 2.44 bits per heavy atom. The van der Waals surface area contributed by atoms with E-state index in [1.54, 1.807) is 23.1 Å². The molecular formula is C51H57ClN8O7S. The lowest BCUT2D eigenvalue weighted by atomic mass is 9.72. The fraction of sp³-hybridized carbons (Fsp3) is 0.412. The Morgan fingerprint density at radius 2 is 1.69 bits per heavy atom. The van der Waals surface area contributed by atoms with Crippen molar-refractivity contribution in [3.63, 3.8) is 0 Å². The number of nitrogens with zero attached hydrogens (tertiary/aromatic N) is 6. The fourth-order valence-electron chi connectivity index (χ4n) is 10.4. The molecule has 2 aliphatic carbocycles. The number of morpholine rings is 1. The molecule has 3 N–H and O–H groups in total. The number of fused-ring (bicyclic) bond motifs is 2. The van der Waals surface area contributed by atoms with Gasteiger partial charge in [0.1, 0.15) is 16.8 Å². The van der Waals surface area contributed by atoms with Crippen LogP contribution in [0.3, 0.4) is 0 Å². The van der Waals surface area contributed by atoms with Gasteiger partial charge in [0.2, 0.25) is 0 Å². The summed E-state index contributed by atoms with van der Waals surface area (Å²) in [6.07, 6.45) is 9.73. The van der Waals surface area contributed by atoms with E-state index in [0.717, 1.165) is 126 Å². The number of amides is 1. The number of carboxylic acids is 1. The molecule has 2 aliphatic heterocycles. The number of rotatable bonds is 12. The number of pyridine rings is 1. The maximum absolute atomic E-state index is 14.3. The zero-order valence-corrected chi connectivity index (χ0v) is 40.0. The highest BCUT2D eigenvalue weighted by Crippen LogP contribution is 2.43. The smallest absolute Gasteiger partial charge is 0.339 e. The molecule has 5 heterocycles. The van der Waals surface area contributed by atoms with E-state index in [9.17, 15) is 23.1 Å². The summed E-state index contributed by atoms with van der Waals surface area (Å²) in [6.45, 7) is 12.0. The number of anilines is 1. The predicted octanol–water partition coefficient (Wildman–Crippen LogP) is 8.18. The molecule has 3 aromatic heterocycles. The third-order valence-corrected chi connectivity index (χ3v) is 15.9. The van der Waals surface area contributed by atoms with Crippen LogP contribution in [0.2, 0.25) is 5.02 Å². The van der Waals surface area contributed by atoms with Crippen LogP contribution in [0.15, 0.2) is 95.7 Å². The van der Waals surface area contributed by atoms with Gasteiger partial charge in [0, 0.05) is 80.3 Å². The molecule has 2 saturated heterocycles. The van der Waals surface area contributed by atoms with Crippen LogP contribution in [0.4, 0.5) is 5.69 Å². The van der Waals surface area contributed by atoms with Gasteiger partial charge in [-0.05, 0) is 122 Å². The van der Waals surface area contributed by atoms with Gasteiger partial charge in [-0.3, -0.25) is 24.4 Å². The van der Waals surface area contributed by atoms with Crippen molar-refractivity contribution in [2.24, 2.45) is 5.41 Å². The van der Waals surface area contributed by atoms with E-state index in [2.05, 4.69) is 55.5 Å². The molecule has 68 heavy (non-hydrogen) atoms. The number of nitrogens with one attached hydrogen (secondary N) is 2. The summed E-state index contributed by atoms with van der Waals surface area (Å²) in [5.74, 6) is -2.13. The molecule has 1 saturated carbocycles. The minimum absolute atomic E-state index is 0.0819. The number of aromatic carboxylic acids is 1. The molecule has 0 radical (unpaired) electrons. The highest BCUT2D eigenvalue weighted by atomic mass is 35.5. The van der Waals surface area contributed by atoms with Crippen LogP contribution < -0.4 is 14.4 Å². The number of sulfonamides is 1. The number of H-pyrrole nitrogens is 1. The molecule has 15 nitrogen and oxygen atoms in total. The van der Waals surface area contributed by atoms with Crippen molar-refractivity contribution in [3.8, 4) is 11.4 Å². The Kier molecular flexibility index (Phi) is 12.8. The monoisotopic (exact) mass is 960 g/mol. The molecule has 356 valence electrons. The number of benzene rings is 3. The van der Waals surface area contributed by atoms with Gasteiger partial charge in [0.15, 0.2) is 5.65 Å². The number of carbonyl (C=O) groups excluding carboxylic acids is 1. The molecule has 0 unspecified atom stereocenters. The third kappa shape index (κ3) is 9.74. The quantitative estimate of drug-likeness (QED) is 0.108. The topological polar surface area (TPSA) is 175 Å². The number of halogens is 1. The minimum atomic E-state index is -4.56. The Morgan fingerprint density at radius 1 is 0.926 bits per heavy atom. The van der Waals surface area contributed by atoms with E-state index in [1.165, 1.54) is 28.8 Å². The zero-order chi connectivity index (χ0) is 47.2. The molecule has 0 bridgehead atoms. The Balaban J connectivity index is 0.884. The number of carboxylic acid groups (broad SMARTS) is 1. The third-order valence-electron chi connectivity index (χ3n) is 14.3. The van der Waals surface area contributed by atoms with Crippen molar-refractivity contribution in [3.05, 3.63) is 112 Å². The summed E-state index contributed by atoms with van der Waals surface area (Å²) in [4.78, 5) is 42.8. The summed E-state index contributed by atoms with van der Waals surface area (Å²) < 4.78 is 43.7. The summed E-state index contributed by atoms with van der Waals surface area (Å²) in [5, 5.41) is 15.0. The first-order valence-corrected chi connectivity index (χ1v) is 25.5. The van der Waals surface area contributed by atoms with Crippen molar-refractivity contribution in [1.82, 2.24) is 34.3 Å². The molecular weight excluding hydrogens is 904 g/mol. The summed E-state index contributed by atoms with van der Waals surface area (Å²) in [7, 11) is -4.56. The van der Waals surface area contributed by atoms with Crippen molar-refractivity contribution in [2.45, 2.75) is 75.8 Å². The van der Waals surface area contributed by atoms with Crippen molar-refractivity contribution in [1.29, 1.82) is 0 Å². The highest BCUT2D eigenvalue weighted by Gasteiger charge is 2.32. The maximum atomic E-state index is 14.3. The fourth-order valence-corrected chi connectivity index (χ4v) is 11.6. The van der Waals surface area contributed by atoms with Crippen LogP contribution >= 0.6 is 11.6 Å². The van der Waals surface area contributed by atoms with Crippen molar-refractivity contribution in [2.75, 3.05) is 63.9 Å². The Hall–Kier alpha value is -5.78. The summed E-state index contributed by atoms with van der Waals surface area (Å²) in [6, 6.07) is 21.5. The van der Waals surface area contributed by atoms with Crippen LogP contribution in [0.5, 0.6) is 5.75 Å². The van der Waals surface area contributed by atoms with Gasteiger partial charge in [-0.25, -0.2) is 27.9 Å². The summed E-state index contributed by atoms with van der Waals surface area (Å²) >= 11 is 6.27. The minimum Gasteiger partial charge on any atom is -0.490 e. The molecule has 10 rings (SSSR count). The van der Waals surface area contributed by atoms with E-state index < -0.39 is 21.9 Å². The molecule has 3 fully saturated rings. The number of ether oxygens (including phenoxy) is 2. The highest BCUT2D eigenvalue weighted by molar-refractivity contribution is 7.90. The standard InChI is InChI=1S/C51H57ClN8O7S/c1-51(2)17-15-35(43(30-51)33-3-5-36(52)6-4-33)32-57-19-21-58(22-20-57)38-9-13-41(45(28-38)60-46-27-34-16-18-53-48(34)55-44(46)31-54-60)49(61)56-68(64,65)40-12-14-47(42(29-40)50(62)63)67-39-10-7-37(8-11-39)59-23-25-66-26-24-59/h3-6,9,12-14,16,18,27-29,31,37,39,54H,7-8,10-11,15,17,19-26,30,32H2,1-2H3,(H,56,61)(H,62,63). The summed E-state index contributed by atoms with van der Waals surface area (Å²) in [5.41, 5.74) is 7.29. The van der Waals surface area contributed by atoms with Crippen LogP contribution in [0.25, 0.3) is 33.3 Å². The second-order valence-electron chi connectivity index (χ2n) is 19.3. The van der Waals surface area contributed by atoms with Crippen LogP contribution in [0.1, 0.15) is 85.1 Å². The van der Waals surface area contributed by atoms with Crippen LogP contribution in [0, 0.1) is 5.41 Å². The van der Waals surface area contributed by atoms with Gasteiger partial charge >= 0.3 is 5.97 Å². The lowest BCUT2D eigenvalue weighted by Crippen LogP contribution is -2.47. The Bertz CT molecular complexity index is 3000. The second-order valence-corrected chi connectivity index (χ2v) is 21.5. The average Bonchev–Trinajstić information content (AvgIpc) is 3.98. The lowest BCUT2D eigenvalue weighted by molar-refractivity contribution is -0.00113. The first-order valence-electron chi connectivity index (χ1n) is 23.6. The van der Waals surface area contributed by atoms with E-state index >= 15 is 0 Å². The van der Waals surface area contributed by atoms with Gasteiger partial charge in [0.05, 0.1) is 41.0 Å². The number of hydrogen-bond donors (Lipinski definition) is 3. The van der Waals surface area contributed by atoms with Gasteiger partial charge in [-0.15, -0.1) is 0 Å². The molecule has 6 aromatic rings. The number of allylic oxidation sites excluding steroid dienone is 1. The number of hydrogen-bond acceptors (Lipinski definition) is 11. The molecule has 3 aromatic carbocycles. The zero-order valence-electron chi connectivity index (χ0n) is 38.4. The molecule has 0 spiro atoms. The van der Waals surface area contributed by atoms with E-state index in [-0.39, 0.29) is 33.3 Å². The number of carbonyl (C=O) groups is 2. The van der Waals surface area contributed by atoms with Crippen molar-refractivity contribution < 1.29 is 32.6 Å². The predicted molar refractivity (Wildman–Crippen MR) is 262 cm³/mol. The van der Waals surface area contributed by atoms with Crippen LogP contribution in [-0.4, -0.2) is 126 Å². The second kappa shape index (κ2) is 19.0. The Labute approximate surface area is 401 Å².